The van der Waals surface area contributed by atoms with E-state index in [1.807, 2.05) is 0 Å². The largest absolute Gasteiger partial charge is 0.335 e. The third-order valence-electron chi connectivity index (χ3n) is 5.04. The number of hydrogen-bond donors (Lipinski definition) is 1. The fourth-order valence-corrected chi connectivity index (χ4v) is 3.81. The van der Waals surface area contributed by atoms with E-state index in [-0.39, 0.29) is 24.4 Å². The van der Waals surface area contributed by atoms with Crippen molar-refractivity contribution in [2.24, 2.45) is 11.8 Å². The van der Waals surface area contributed by atoms with Crippen LogP contribution in [0.5, 0.6) is 0 Å². The van der Waals surface area contributed by atoms with E-state index in [0.29, 0.717) is 11.8 Å². The third-order valence-corrected chi connectivity index (χ3v) is 5.04. The van der Waals surface area contributed by atoms with Crippen LogP contribution in [0.2, 0.25) is 0 Å². The maximum Gasteiger partial charge on any atom is 0.227 e. The van der Waals surface area contributed by atoms with E-state index in [9.17, 15) is 4.79 Å². The van der Waals surface area contributed by atoms with Gasteiger partial charge in [0.25, 0.3) is 0 Å². The molecular formula is C18H27ClN2O. The predicted octanol–water partition coefficient (Wildman–Crippen LogP) is 3.33. The normalized spacial score (nSPS) is 28.3. The number of hydrogen-bond acceptors (Lipinski definition) is 2. The van der Waals surface area contributed by atoms with Crippen molar-refractivity contribution < 1.29 is 4.79 Å². The molecule has 2 aliphatic heterocycles. The quantitative estimate of drug-likeness (QED) is 0.906. The number of likely N-dealkylation sites (tertiary alicyclic amines) is 1. The Morgan fingerprint density at radius 2 is 1.95 bits per heavy atom. The van der Waals surface area contributed by atoms with Gasteiger partial charge in [-0.3, -0.25) is 4.79 Å². The zero-order valence-electron chi connectivity index (χ0n) is 13.5. The molecule has 0 aliphatic carbocycles. The molecule has 2 fully saturated rings. The second-order valence-electron chi connectivity index (χ2n) is 6.70. The number of rotatable bonds is 2. The van der Waals surface area contributed by atoms with Gasteiger partial charge >= 0.3 is 0 Å². The highest BCUT2D eigenvalue weighted by molar-refractivity contribution is 5.85. The summed E-state index contributed by atoms with van der Waals surface area (Å²) in [7, 11) is 0. The molecule has 22 heavy (non-hydrogen) atoms. The Labute approximate surface area is 139 Å². The summed E-state index contributed by atoms with van der Waals surface area (Å²) in [5.41, 5.74) is 2.58. The number of piperidine rings is 1. The van der Waals surface area contributed by atoms with Crippen LogP contribution in [0.15, 0.2) is 24.3 Å². The van der Waals surface area contributed by atoms with Gasteiger partial charge in [-0.05, 0) is 44.2 Å². The SMILES string of the molecule is Cc1ccc(C2C(C)CCCN2C(=O)C2CCNC2)cc1.Cl. The highest BCUT2D eigenvalue weighted by Crippen LogP contribution is 2.37. The van der Waals surface area contributed by atoms with Crippen molar-refractivity contribution in [2.75, 3.05) is 19.6 Å². The molecule has 2 saturated heterocycles. The summed E-state index contributed by atoms with van der Waals surface area (Å²) in [5.74, 6) is 1.08. The van der Waals surface area contributed by atoms with Crippen LogP contribution in [-0.4, -0.2) is 30.4 Å². The monoisotopic (exact) mass is 322 g/mol. The number of carbonyl (C=O) groups is 1. The van der Waals surface area contributed by atoms with Crippen molar-refractivity contribution in [2.45, 2.75) is 39.2 Å². The summed E-state index contributed by atoms with van der Waals surface area (Å²) in [4.78, 5) is 15.0. The van der Waals surface area contributed by atoms with E-state index in [1.54, 1.807) is 0 Å². The number of nitrogens with zero attached hydrogens (tertiary/aromatic N) is 1. The minimum absolute atomic E-state index is 0. The number of carbonyl (C=O) groups excluding carboxylic acids is 1. The molecule has 0 bridgehead atoms. The van der Waals surface area contributed by atoms with Gasteiger partial charge in [-0.15, -0.1) is 12.4 Å². The summed E-state index contributed by atoms with van der Waals surface area (Å²) in [6.07, 6.45) is 3.34. The van der Waals surface area contributed by atoms with E-state index in [2.05, 4.69) is 48.3 Å². The number of benzene rings is 1. The first kappa shape index (κ1) is 17.3. The second kappa shape index (κ2) is 7.47. The molecule has 2 aliphatic rings. The van der Waals surface area contributed by atoms with Crippen LogP contribution in [0.4, 0.5) is 0 Å². The molecule has 0 aromatic heterocycles. The molecule has 1 amide bonds. The van der Waals surface area contributed by atoms with Crippen molar-refractivity contribution in [3.05, 3.63) is 35.4 Å². The molecule has 1 N–H and O–H groups in total. The smallest absolute Gasteiger partial charge is 0.227 e. The maximum absolute atomic E-state index is 12.9. The van der Waals surface area contributed by atoms with Crippen LogP contribution in [0.1, 0.15) is 43.4 Å². The topological polar surface area (TPSA) is 32.3 Å². The standard InChI is InChI=1S/C18H26N2O.ClH/c1-13-5-7-15(8-6-13)17-14(2)4-3-11-20(17)18(21)16-9-10-19-12-16;/h5-8,14,16-17,19H,3-4,9-12H2,1-2H3;1H. The van der Waals surface area contributed by atoms with E-state index in [4.69, 9.17) is 0 Å². The molecular weight excluding hydrogens is 296 g/mol. The Morgan fingerprint density at radius 3 is 2.59 bits per heavy atom. The molecule has 1 aromatic rings. The van der Waals surface area contributed by atoms with Crippen LogP contribution < -0.4 is 5.32 Å². The van der Waals surface area contributed by atoms with Crippen molar-refractivity contribution in [1.29, 1.82) is 0 Å². The van der Waals surface area contributed by atoms with E-state index >= 15 is 0 Å². The first-order chi connectivity index (χ1) is 10.2. The Balaban J connectivity index is 0.00000176. The highest BCUT2D eigenvalue weighted by Gasteiger charge is 2.36. The summed E-state index contributed by atoms with van der Waals surface area (Å²) in [6, 6.07) is 8.99. The minimum Gasteiger partial charge on any atom is -0.335 e. The number of aryl methyl sites for hydroxylation is 1. The van der Waals surface area contributed by atoms with Gasteiger partial charge < -0.3 is 10.2 Å². The number of amides is 1. The Morgan fingerprint density at radius 1 is 1.23 bits per heavy atom. The van der Waals surface area contributed by atoms with Crippen LogP contribution in [-0.2, 0) is 4.79 Å². The molecule has 122 valence electrons. The van der Waals surface area contributed by atoms with Crippen molar-refractivity contribution in [1.82, 2.24) is 10.2 Å². The number of halogens is 1. The molecule has 1 aromatic carbocycles. The van der Waals surface area contributed by atoms with E-state index in [0.717, 1.165) is 32.5 Å². The molecule has 4 heteroatoms. The van der Waals surface area contributed by atoms with Gasteiger partial charge in [-0.2, -0.15) is 0 Å². The fourth-order valence-electron chi connectivity index (χ4n) is 3.81. The summed E-state index contributed by atoms with van der Waals surface area (Å²) >= 11 is 0. The van der Waals surface area contributed by atoms with Gasteiger partial charge in [0, 0.05) is 13.1 Å². The van der Waals surface area contributed by atoms with Crippen LogP contribution >= 0.6 is 12.4 Å². The lowest BCUT2D eigenvalue weighted by molar-refractivity contribution is -0.140. The van der Waals surface area contributed by atoms with Crippen LogP contribution in [0.3, 0.4) is 0 Å². The predicted molar refractivity (Wildman–Crippen MR) is 92.3 cm³/mol. The first-order valence-corrected chi connectivity index (χ1v) is 8.24. The van der Waals surface area contributed by atoms with Gasteiger partial charge in [-0.25, -0.2) is 0 Å². The maximum atomic E-state index is 12.9. The zero-order valence-corrected chi connectivity index (χ0v) is 14.4. The molecule has 3 rings (SSSR count). The van der Waals surface area contributed by atoms with Gasteiger partial charge in [0.2, 0.25) is 5.91 Å². The molecule has 2 heterocycles. The first-order valence-electron chi connectivity index (χ1n) is 8.24. The van der Waals surface area contributed by atoms with Gasteiger partial charge in [0.05, 0.1) is 12.0 Å². The highest BCUT2D eigenvalue weighted by atomic mass is 35.5. The lowest BCUT2D eigenvalue weighted by Gasteiger charge is -2.41. The summed E-state index contributed by atoms with van der Waals surface area (Å²) in [5, 5.41) is 3.32. The van der Waals surface area contributed by atoms with Gasteiger partial charge in [0.15, 0.2) is 0 Å². The van der Waals surface area contributed by atoms with Crippen LogP contribution in [0, 0.1) is 18.8 Å². The zero-order chi connectivity index (χ0) is 14.8. The van der Waals surface area contributed by atoms with E-state index in [1.165, 1.54) is 17.5 Å². The Hall–Kier alpha value is -1.06. The van der Waals surface area contributed by atoms with Crippen molar-refractivity contribution in [3.8, 4) is 0 Å². The Bertz CT molecular complexity index is 496. The average Bonchev–Trinajstić information content (AvgIpc) is 3.02. The lowest BCUT2D eigenvalue weighted by atomic mass is 9.85. The molecule has 3 atom stereocenters. The number of nitrogens with one attached hydrogen (secondary N) is 1. The third kappa shape index (κ3) is 3.47. The lowest BCUT2D eigenvalue weighted by Crippen LogP contribution is -2.45. The minimum atomic E-state index is 0. The summed E-state index contributed by atoms with van der Waals surface area (Å²) in [6.45, 7) is 7.15. The van der Waals surface area contributed by atoms with Crippen LogP contribution in [0.25, 0.3) is 0 Å². The van der Waals surface area contributed by atoms with Gasteiger partial charge in [-0.1, -0.05) is 36.8 Å². The molecule has 0 saturated carbocycles. The van der Waals surface area contributed by atoms with E-state index < -0.39 is 0 Å². The van der Waals surface area contributed by atoms with Crippen molar-refractivity contribution in [3.63, 3.8) is 0 Å². The molecule has 3 nitrogen and oxygen atoms in total. The Kier molecular flexibility index (Phi) is 5.87. The second-order valence-corrected chi connectivity index (χ2v) is 6.70. The molecule has 0 radical (unpaired) electrons. The average molecular weight is 323 g/mol. The van der Waals surface area contributed by atoms with Crippen molar-refractivity contribution >= 4 is 18.3 Å². The molecule has 0 spiro atoms. The summed E-state index contributed by atoms with van der Waals surface area (Å²) < 4.78 is 0. The van der Waals surface area contributed by atoms with Gasteiger partial charge in [0.1, 0.15) is 0 Å². The fraction of sp³-hybridized carbons (Fsp3) is 0.611. The molecule has 3 unspecified atom stereocenters.